The average Bonchev–Trinajstić information content (AvgIpc) is 3.68. The molecule has 0 N–H and O–H groups in total. The molecule has 0 radical (unpaired) electrons. The first kappa shape index (κ1) is 26.9. The van der Waals surface area contributed by atoms with Crippen molar-refractivity contribution in [3.05, 3.63) is 103 Å². The number of ether oxygens (including phenoxy) is 1. The lowest BCUT2D eigenvalue weighted by atomic mass is 9.96. The van der Waals surface area contributed by atoms with Crippen LogP contribution in [0.4, 0.5) is 4.39 Å². The van der Waals surface area contributed by atoms with Crippen molar-refractivity contribution in [1.82, 2.24) is 14.0 Å². The Morgan fingerprint density at radius 2 is 1.85 bits per heavy atom. The molecular formula is C31H29FN4O4S. The van der Waals surface area contributed by atoms with E-state index in [4.69, 9.17) is 4.74 Å². The third kappa shape index (κ3) is 4.93. The first-order valence-corrected chi connectivity index (χ1v) is 14.5. The van der Waals surface area contributed by atoms with Gasteiger partial charge in [-0.05, 0) is 56.5 Å². The summed E-state index contributed by atoms with van der Waals surface area (Å²) in [6, 6.07) is 12.7. The van der Waals surface area contributed by atoms with Gasteiger partial charge in [0.15, 0.2) is 4.80 Å². The first-order valence-electron chi connectivity index (χ1n) is 13.7. The van der Waals surface area contributed by atoms with Gasteiger partial charge < -0.3 is 14.2 Å². The molecule has 4 aromatic rings. The number of carbonyl (C=O) groups is 2. The number of esters is 1. The van der Waals surface area contributed by atoms with Crippen molar-refractivity contribution in [1.29, 1.82) is 0 Å². The molecule has 4 heterocycles. The molecule has 8 nitrogen and oxygen atoms in total. The maximum absolute atomic E-state index is 14.0. The molecule has 2 aromatic carbocycles. The Bertz CT molecular complexity index is 1880. The van der Waals surface area contributed by atoms with E-state index in [0.717, 1.165) is 42.4 Å². The van der Waals surface area contributed by atoms with Crippen LogP contribution in [0.5, 0.6) is 0 Å². The number of hydrogen-bond acceptors (Lipinski definition) is 6. The van der Waals surface area contributed by atoms with E-state index in [1.807, 2.05) is 46.0 Å². The van der Waals surface area contributed by atoms with Crippen molar-refractivity contribution in [3.8, 4) is 0 Å². The summed E-state index contributed by atoms with van der Waals surface area (Å²) in [6.07, 6.45) is 5.78. The fourth-order valence-corrected chi connectivity index (χ4v) is 6.66. The van der Waals surface area contributed by atoms with E-state index in [9.17, 15) is 18.8 Å². The topological polar surface area (TPSA) is 85.9 Å². The van der Waals surface area contributed by atoms with Gasteiger partial charge in [-0.15, -0.1) is 0 Å². The summed E-state index contributed by atoms with van der Waals surface area (Å²) in [5, 5.41) is 0.922. The first-order chi connectivity index (χ1) is 19.9. The van der Waals surface area contributed by atoms with Gasteiger partial charge in [0.25, 0.3) is 5.56 Å². The molecule has 1 saturated heterocycles. The average molecular weight is 573 g/mol. The lowest BCUT2D eigenvalue weighted by Gasteiger charge is -2.24. The molecule has 0 spiro atoms. The summed E-state index contributed by atoms with van der Waals surface area (Å²) in [6.45, 7) is 5.39. The molecule has 1 atom stereocenters. The molecule has 210 valence electrons. The number of para-hydroxylation sites is 1. The van der Waals surface area contributed by atoms with Gasteiger partial charge in [0.2, 0.25) is 5.91 Å². The Balaban J connectivity index is 1.48. The third-order valence-corrected chi connectivity index (χ3v) is 8.56. The number of hydrogen-bond donors (Lipinski definition) is 0. The molecular weight excluding hydrogens is 543 g/mol. The summed E-state index contributed by atoms with van der Waals surface area (Å²) in [4.78, 5) is 46.9. The Hall–Kier alpha value is -4.31. The van der Waals surface area contributed by atoms with Crippen molar-refractivity contribution < 1.29 is 18.7 Å². The van der Waals surface area contributed by atoms with E-state index in [1.165, 1.54) is 28.0 Å². The van der Waals surface area contributed by atoms with Crippen molar-refractivity contribution >= 4 is 40.2 Å². The van der Waals surface area contributed by atoms with Gasteiger partial charge in [-0.1, -0.05) is 41.7 Å². The Labute approximate surface area is 239 Å². The zero-order valence-corrected chi connectivity index (χ0v) is 23.6. The van der Waals surface area contributed by atoms with Crippen LogP contribution in [0.1, 0.15) is 43.9 Å². The van der Waals surface area contributed by atoms with Crippen molar-refractivity contribution in [2.45, 2.75) is 39.3 Å². The largest absolute Gasteiger partial charge is 0.463 e. The fraction of sp³-hybridized carbons (Fsp3) is 0.290. The maximum Gasteiger partial charge on any atom is 0.338 e. The molecule has 10 heteroatoms. The minimum atomic E-state index is -0.813. The number of aromatic nitrogens is 2. The van der Waals surface area contributed by atoms with E-state index in [1.54, 1.807) is 26.0 Å². The number of fused-ring (bicyclic) bond motifs is 2. The highest BCUT2D eigenvalue weighted by atomic mass is 32.1. The molecule has 2 aliphatic rings. The number of thiazole rings is 1. The molecule has 2 aliphatic heterocycles. The van der Waals surface area contributed by atoms with Crippen molar-refractivity contribution in [2.24, 2.45) is 4.99 Å². The number of carbonyl (C=O) groups excluding carboxylic acids is 2. The third-order valence-electron chi connectivity index (χ3n) is 7.57. The van der Waals surface area contributed by atoms with Crippen LogP contribution in [-0.2, 0) is 20.9 Å². The number of benzene rings is 2. The minimum Gasteiger partial charge on any atom is -0.463 e. The van der Waals surface area contributed by atoms with Gasteiger partial charge >= 0.3 is 5.97 Å². The van der Waals surface area contributed by atoms with Crippen LogP contribution in [0.15, 0.2) is 75.8 Å². The molecule has 0 unspecified atom stereocenters. The smallest absolute Gasteiger partial charge is 0.338 e. The van der Waals surface area contributed by atoms with Crippen molar-refractivity contribution in [3.63, 3.8) is 0 Å². The highest BCUT2D eigenvalue weighted by Crippen LogP contribution is 2.31. The van der Waals surface area contributed by atoms with E-state index in [-0.39, 0.29) is 30.2 Å². The van der Waals surface area contributed by atoms with Gasteiger partial charge in [0.1, 0.15) is 12.4 Å². The SMILES string of the molecule is CCOC(=O)C1=C(C)N=c2s/c(=C/c3cn(CC(=O)N4CCCC4)c4ccccc34)c(=O)n2[C@@H]1c1ccc(F)cc1. The standard InChI is InChI=1S/C31H29FN4O4S/c1-3-40-30(39)27-19(2)33-31-36(28(27)20-10-12-22(32)13-11-20)29(38)25(41-31)16-21-17-35(24-9-5-4-8-23(21)24)18-26(37)34-14-6-7-15-34/h4-5,8-13,16-17,28H,3,6-7,14-15,18H2,1-2H3/b25-16+/t28-/m1/s1. The van der Waals surface area contributed by atoms with E-state index in [2.05, 4.69) is 4.99 Å². The highest BCUT2D eigenvalue weighted by molar-refractivity contribution is 7.07. The van der Waals surface area contributed by atoms with Gasteiger partial charge in [-0.3, -0.25) is 14.2 Å². The summed E-state index contributed by atoms with van der Waals surface area (Å²) in [5.74, 6) is -0.905. The summed E-state index contributed by atoms with van der Waals surface area (Å²) in [7, 11) is 0. The quantitative estimate of drug-likeness (QED) is 0.331. The Morgan fingerprint density at radius 1 is 1.12 bits per heavy atom. The van der Waals surface area contributed by atoms with E-state index in [0.29, 0.717) is 20.6 Å². The second kappa shape index (κ2) is 10.9. The van der Waals surface area contributed by atoms with Gasteiger partial charge in [0.05, 0.1) is 28.5 Å². The monoisotopic (exact) mass is 572 g/mol. The van der Waals surface area contributed by atoms with Crippen LogP contribution in [0.3, 0.4) is 0 Å². The van der Waals surface area contributed by atoms with Crippen LogP contribution < -0.4 is 14.9 Å². The van der Waals surface area contributed by atoms with Crippen LogP contribution in [0.2, 0.25) is 0 Å². The lowest BCUT2D eigenvalue weighted by molar-refractivity contribution is -0.139. The number of allylic oxidation sites excluding steroid dienone is 1. The van der Waals surface area contributed by atoms with Crippen LogP contribution in [-0.4, -0.2) is 45.6 Å². The van der Waals surface area contributed by atoms with Gasteiger partial charge in [-0.2, -0.15) is 0 Å². The number of halogens is 1. The summed E-state index contributed by atoms with van der Waals surface area (Å²) < 4.78 is 23.0. The molecule has 41 heavy (non-hydrogen) atoms. The number of nitrogens with zero attached hydrogens (tertiary/aromatic N) is 4. The van der Waals surface area contributed by atoms with Gasteiger partial charge in [-0.25, -0.2) is 14.2 Å². The summed E-state index contributed by atoms with van der Waals surface area (Å²) >= 11 is 1.22. The Morgan fingerprint density at radius 3 is 2.59 bits per heavy atom. The normalized spacial score (nSPS) is 17.2. The molecule has 0 aliphatic carbocycles. The molecule has 0 saturated carbocycles. The molecule has 0 bridgehead atoms. The highest BCUT2D eigenvalue weighted by Gasteiger charge is 2.33. The fourth-order valence-electron chi connectivity index (χ4n) is 5.63. The van der Waals surface area contributed by atoms with Crippen LogP contribution >= 0.6 is 11.3 Å². The molecule has 1 amide bonds. The predicted octanol–water partition coefficient (Wildman–Crippen LogP) is 3.51. The lowest BCUT2D eigenvalue weighted by Crippen LogP contribution is -2.39. The molecule has 1 fully saturated rings. The molecule has 2 aromatic heterocycles. The number of likely N-dealkylation sites (tertiary alicyclic amines) is 1. The number of amides is 1. The zero-order chi connectivity index (χ0) is 28.7. The maximum atomic E-state index is 14.0. The predicted molar refractivity (Wildman–Crippen MR) is 155 cm³/mol. The minimum absolute atomic E-state index is 0.0791. The number of rotatable bonds is 6. The second-order valence-corrected chi connectivity index (χ2v) is 11.2. The van der Waals surface area contributed by atoms with Gasteiger partial charge in [0, 0.05) is 35.8 Å². The zero-order valence-electron chi connectivity index (χ0n) is 22.8. The van der Waals surface area contributed by atoms with E-state index < -0.39 is 17.8 Å². The van der Waals surface area contributed by atoms with Crippen LogP contribution in [0.25, 0.3) is 17.0 Å². The second-order valence-electron chi connectivity index (χ2n) is 10.2. The van der Waals surface area contributed by atoms with Crippen LogP contribution in [0, 0.1) is 5.82 Å². The molecule has 6 rings (SSSR count). The summed E-state index contributed by atoms with van der Waals surface area (Å²) in [5.41, 5.74) is 2.66. The van der Waals surface area contributed by atoms with Crippen molar-refractivity contribution in [2.75, 3.05) is 19.7 Å². The van der Waals surface area contributed by atoms with E-state index >= 15 is 0 Å². The Kier molecular flexibility index (Phi) is 7.17.